The fraction of sp³-hybridized carbons (Fsp3) is 0.513. The number of piperidine rings is 1. The number of carboxylic acid groups (broad SMARTS) is 1. The molecule has 0 spiro atoms. The summed E-state index contributed by atoms with van der Waals surface area (Å²) in [5.74, 6) is 1.64. The molecule has 0 bridgehead atoms. The second kappa shape index (κ2) is 15.2. The zero-order chi connectivity index (χ0) is 36.4. The van der Waals surface area contributed by atoms with Crippen molar-refractivity contribution < 1.29 is 15.0 Å². The Labute approximate surface area is 304 Å². The molecule has 2 saturated heterocycles. The van der Waals surface area contributed by atoms with Crippen LogP contribution in [-0.4, -0.2) is 102 Å². The molecule has 3 N–H and O–H groups in total. The molecule has 5 heterocycles. The van der Waals surface area contributed by atoms with E-state index in [1.807, 2.05) is 12.1 Å². The quantitative estimate of drug-likeness (QED) is 0.188. The average molecular weight is 710 g/mol. The minimum Gasteiger partial charge on any atom is -0.480 e. The number of nitrogens with one attached hydrogen (secondary N) is 1. The number of nitrogens with zero attached hydrogens (tertiary/aromatic N) is 8. The zero-order valence-corrected chi connectivity index (χ0v) is 30.3. The van der Waals surface area contributed by atoms with Gasteiger partial charge in [0.15, 0.2) is 11.5 Å². The van der Waals surface area contributed by atoms with E-state index in [1.54, 1.807) is 42.8 Å². The van der Waals surface area contributed by atoms with Crippen molar-refractivity contribution in [2.24, 2.45) is 11.8 Å². The molecular weight excluding hydrogens is 658 g/mol. The Morgan fingerprint density at radius 1 is 0.942 bits per heavy atom. The van der Waals surface area contributed by atoms with Gasteiger partial charge >= 0.3 is 5.97 Å². The first-order valence-electron chi connectivity index (χ1n) is 18.7. The summed E-state index contributed by atoms with van der Waals surface area (Å²) in [5.41, 5.74) is 1.51. The first-order chi connectivity index (χ1) is 25.1. The van der Waals surface area contributed by atoms with Crippen LogP contribution in [-0.2, 0) is 16.9 Å². The van der Waals surface area contributed by atoms with Crippen LogP contribution in [0.5, 0.6) is 0 Å². The molecule has 13 heteroatoms. The molecule has 0 amide bonds. The van der Waals surface area contributed by atoms with E-state index in [1.165, 1.54) is 42.2 Å². The molecule has 3 fully saturated rings. The molecule has 1 aromatic carbocycles. The number of benzene rings is 1. The summed E-state index contributed by atoms with van der Waals surface area (Å²) in [7, 11) is 0. The maximum absolute atomic E-state index is 13.4. The number of fused-ring (bicyclic) bond motifs is 1. The number of aromatic nitrogens is 5. The summed E-state index contributed by atoms with van der Waals surface area (Å²) in [6.45, 7) is 13.6. The molecule has 0 unspecified atom stereocenters. The second-order valence-electron chi connectivity index (χ2n) is 15.1. The highest BCUT2D eigenvalue weighted by Crippen LogP contribution is 2.37. The summed E-state index contributed by atoms with van der Waals surface area (Å²) in [6, 6.07) is 14.3. The molecule has 2 aliphatic heterocycles. The first kappa shape index (κ1) is 35.8. The lowest BCUT2D eigenvalue weighted by molar-refractivity contribution is -0.138. The predicted molar refractivity (Wildman–Crippen MR) is 202 cm³/mol. The number of aliphatic carboxylic acids is 1. The lowest BCUT2D eigenvalue weighted by atomic mass is 9.74. The summed E-state index contributed by atoms with van der Waals surface area (Å²) in [6.07, 6.45) is 10.6. The highest BCUT2D eigenvalue weighted by molar-refractivity contribution is 5.77. The molecule has 4 aromatic rings. The molecule has 276 valence electrons. The Morgan fingerprint density at radius 2 is 1.63 bits per heavy atom. The number of aliphatic hydroxyl groups is 1. The summed E-state index contributed by atoms with van der Waals surface area (Å²) in [5, 5.41) is 23.4. The van der Waals surface area contributed by atoms with Gasteiger partial charge in [-0.05, 0) is 114 Å². The van der Waals surface area contributed by atoms with Crippen LogP contribution in [0.4, 0.5) is 17.3 Å². The predicted octanol–water partition coefficient (Wildman–Crippen LogP) is 4.61. The molecule has 3 aromatic heterocycles. The topological polar surface area (TPSA) is 145 Å². The van der Waals surface area contributed by atoms with E-state index in [0.717, 1.165) is 69.6 Å². The largest absolute Gasteiger partial charge is 0.480 e. The van der Waals surface area contributed by atoms with Crippen LogP contribution in [0.15, 0.2) is 66.1 Å². The van der Waals surface area contributed by atoms with Gasteiger partial charge < -0.3 is 20.4 Å². The van der Waals surface area contributed by atoms with E-state index in [0.29, 0.717) is 34.5 Å². The average Bonchev–Trinajstić information content (AvgIpc) is 3.42. The SMILES string of the molecule is C=CCn1c(=O)c2cnc(Nc3ccc(N4CCN(C5CCC(C6CCN(CC(=O)O)CC6)CC5)CC4)cc3)nc2n1-c1cccc(C(C)(C)O)n1. The van der Waals surface area contributed by atoms with Crippen molar-refractivity contribution in [2.45, 2.75) is 70.6 Å². The number of carboxylic acids is 1. The number of piperazine rings is 1. The van der Waals surface area contributed by atoms with Gasteiger partial charge in [-0.2, -0.15) is 4.98 Å². The molecule has 3 aliphatic rings. The summed E-state index contributed by atoms with van der Waals surface area (Å²) >= 11 is 0. The van der Waals surface area contributed by atoms with Gasteiger partial charge in [0.2, 0.25) is 5.95 Å². The van der Waals surface area contributed by atoms with Crippen LogP contribution in [0, 0.1) is 11.8 Å². The highest BCUT2D eigenvalue weighted by Gasteiger charge is 2.33. The van der Waals surface area contributed by atoms with Crippen LogP contribution < -0.4 is 15.8 Å². The van der Waals surface area contributed by atoms with Gasteiger partial charge in [0.05, 0.1) is 18.8 Å². The Kier molecular flexibility index (Phi) is 10.4. The van der Waals surface area contributed by atoms with Crippen molar-refractivity contribution in [2.75, 3.05) is 56.0 Å². The van der Waals surface area contributed by atoms with E-state index >= 15 is 0 Å². The molecule has 0 atom stereocenters. The normalized spacial score (nSPS) is 21.0. The number of pyridine rings is 1. The Bertz CT molecular complexity index is 1930. The molecular formula is C39H51N9O4. The van der Waals surface area contributed by atoms with Crippen molar-refractivity contribution >= 4 is 34.3 Å². The van der Waals surface area contributed by atoms with Crippen molar-refractivity contribution in [1.29, 1.82) is 0 Å². The summed E-state index contributed by atoms with van der Waals surface area (Å²) < 4.78 is 3.18. The van der Waals surface area contributed by atoms with Crippen molar-refractivity contribution in [3.05, 3.63) is 77.4 Å². The smallest absolute Gasteiger partial charge is 0.317 e. The van der Waals surface area contributed by atoms with Gasteiger partial charge in [-0.3, -0.25) is 19.4 Å². The van der Waals surface area contributed by atoms with Crippen LogP contribution in [0.2, 0.25) is 0 Å². The third-order valence-electron chi connectivity index (χ3n) is 11.3. The Hall–Kier alpha value is -4.59. The monoisotopic (exact) mass is 709 g/mol. The lowest BCUT2D eigenvalue weighted by Crippen LogP contribution is -2.51. The third kappa shape index (κ3) is 7.76. The zero-order valence-electron chi connectivity index (χ0n) is 30.3. The number of rotatable bonds is 11. The molecule has 13 nitrogen and oxygen atoms in total. The van der Waals surface area contributed by atoms with E-state index in [4.69, 9.17) is 10.1 Å². The van der Waals surface area contributed by atoms with E-state index in [-0.39, 0.29) is 18.6 Å². The maximum atomic E-state index is 13.4. The van der Waals surface area contributed by atoms with Gasteiger partial charge in [-0.15, -0.1) is 6.58 Å². The van der Waals surface area contributed by atoms with Gasteiger partial charge in [-0.25, -0.2) is 19.3 Å². The molecule has 0 radical (unpaired) electrons. The number of allylic oxidation sites excluding steroid dienone is 1. The fourth-order valence-electron chi connectivity index (χ4n) is 8.43. The van der Waals surface area contributed by atoms with Crippen LogP contribution >= 0.6 is 0 Å². The molecule has 1 aliphatic carbocycles. The number of likely N-dealkylation sites (tertiary alicyclic amines) is 1. The van der Waals surface area contributed by atoms with Crippen LogP contribution in [0.25, 0.3) is 16.9 Å². The van der Waals surface area contributed by atoms with Gasteiger partial charge in [-0.1, -0.05) is 12.1 Å². The molecule has 1 saturated carbocycles. The van der Waals surface area contributed by atoms with Crippen molar-refractivity contribution in [3.8, 4) is 5.82 Å². The van der Waals surface area contributed by atoms with E-state index in [9.17, 15) is 14.7 Å². The van der Waals surface area contributed by atoms with Crippen LogP contribution in [0.3, 0.4) is 0 Å². The fourth-order valence-corrected chi connectivity index (χ4v) is 8.43. The Balaban J connectivity index is 0.957. The summed E-state index contributed by atoms with van der Waals surface area (Å²) in [4.78, 5) is 45.6. The molecule has 7 rings (SSSR count). The maximum Gasteiger partial charge on any atom is 0.317 e. The third-order valence-corrected chi connectivity index (χ3v) is 11.3. The minimum atomic E-state index is -1.16. The highest BCUT2D eigenvalue weighted by atomic mass is 16.4. The van der Waals surface area contributed by atoms with Crippen LogP contribution in [0.1, 0.15) is 58.1 Å². The Morgan fingerprint density at radius 3 is 2.29 bits per heavy atom. The van der Waals surface area contributed by atoms with Gasteiger partial charge in [0, 0.05) is 49.8 Å². The number of hydrogen-bond donors (Lipinski definition) is 3. The van der Waals surface area contributed by atoms with Gasteiger partial charge in [0.1, 0.15) is 11.0 Å². The first-order valence-corrected chi connectivity index (χ1v) is 18.7. The number of hydrogen-bond acceptors (Lipinski definition) is 10. The van der Waals surface area contributed by atoms with Crippen molar-refractivity contribution in [3.63, 3.8) is 0 Å². The van der Waals surface area contributed by atoms with E-state index < -0.39 is 11.6 Å². The lowest BCUT2D eigenvalue weighted by Gasteiger charge is -2.44. The molecule has 52 heavy (non-hydrogen) atoms. The van der Waals surface area contributed by atoms with Gasteiger partial charge in [0.25, 0.3) is 5.56 Å². The van der Waals surface area contributed by atoms with Crippen molar-refractivity contribution in [1.82, 2.24) is 34.1 Å². The number of anilines is 3. The standard InChI is InChI=1S/C39H51N9O4/c1-4-18-47-37(51)32-25-40-38(43-36(32)48(47)34-7-5-6-33(42-34)39(2,3)52)41-29-10-14-31(15-11-29)46-23-21-45(22-24-46)30-12-8-27(9-13-30)28-16-19-44(20-17-28)26-35(49)50/h4-7,10-11,14-15,25,27-28,30,52H,1,8-9,12-13,16-24,26H2,2-3H3,(H,49,50)(H,40,41,43). The number of carbonyl (C=O) groups is 1. The second-order valence-corrected chi connectivity index (χ2v) is 15.1. The minimum absolute atomic E-state index is 0.177. The van der Waals surface area contributed by atoms with E-state index in [2.05, 4.69) is 48.7 Å².